The van der Waals surface area contributed by atoms with Crippen LogP contribution in [0.25, 0.3) is 6.08 Å². The number of allylic oxidation sites excluding steroid dienone is 1. The van der Waals surface area contributed by atoms with Gasteiger partial charge in [0, 0.05) is 18.8 Å². The van der Waals surface area contributed by atoms with E-state index in [9.17, 15) is 14.7 Å². The van der Waals surface area contributed by atoms with Crippen molar-refractivity contribution in [2.75, 3.05) is 6.61 Å². The largest absolute Gasteiger partial charge is 0.507 e. The highest BCUT2D eigenvalue weighted by Gasteiger charge is 2.16. The van der Waals surface area contributed by atoms with Crippen molar-refractivity contribution < 1.29 is 14.6 Å². The molecule has 0 fully saturated rings. The highest BCUT2D eigenvalue weighted by molar-refractivity contribution is 6.08. The topological polar surface area (TPSA) is 92.3 Å². The van der Waals surface area contributed by atoms with Crippen molar-refractivity contribution in [1.29, 1.82) is 5.26 Å². The predicted molar refractivity (Wildman–Crippen MR) is 89.0 cm³/mol. The third kappa shape index (κ3) is 3.70. The Morgan fingerprint density at radius 2 is 2.17 bits per heavy atom. The smallest absolute Gasteiger partial charge is 0.265 e. The van der Waals surface area contributed by atoms with E-state index in [1.807, 2.05) is 6.07 Å². The van der Waals surface area contributed by atoms with E-state index in [4.69, 9.17) is 10.00 Å². The SMILES string of the molecule is Cc1cc(O)c(C(=O)/C=C/c2cccc(OCC#N)c2)c(=O)n1C. The van der Waals surface area contributed by atoms with Crippen LogP contribution in [0.2, 0.25) is 0 Å². The molecule has 0 amide bonds. The predicted octanol–water partition coefficient (Wildman–Crippen LogP) is 2.20. The van der Waals surface area contributed by atoms with Gasteiger partial charge in [-0.3, -0.25) is 9.59 Å². The Balaban J connectivity index is 2.28. The number of hydrogen-bond acceptors (Lipinski definition) is 5. The van der Waals surface area contributed by atoms with E-state index >= 15 is 0 Å². The third-order valence-electron chi connectivity index (χ3n) is 3.48. The number of ketones is 1. The number of nitrogens with zero attached hydrogens (tertiary/aromatic N) is 2. The standard InChI is InChI=1S/C18H16N2O4/c1-12-10-16(22)17(18(23)20(12)2)15(21)7-6-13-4-3-5-14(11-13)24-9-8-19/h3-7,10-11,22H,9H2,1-2H3/b7-6+. The number of carbonyl (C=O) groups is 1. The quantitative estimate of drug-likeness (QED) is 0.672. The van der Waals surface area contributed by atoms with Crippen molar-refractivity contribution in [3.05, 3.63) is 63.6 Å². The molecule has 24 heavy (non-hydrogen) atoms. The van der Waals surface area contributed by atoms with Crippen molar-refractivity contribution in [1.82, 2.24) is 4.57 Å². The summed E-state index contributed by atoms with van der Waals surface area (Å²) >= 11 is 0. The van der Waals surface area contributed by atoms with Crippen molar-refractivity contribution in [2.24, 2.45) is 7.05 Å². The molecule has 1 N–H and O–H groups in total. The molecule has 0 unspecified atom stereocenters. The molecule has 1 aromatic carbocycles. The molecule has 6 heteroatoms. The Hall–Kier alpha value is -3.33. The van der Waals surface area contributed by atoms with E-state index < -0.39 is 11.3 Å². The number of ether oxygens (including phenoxy) is 1. The first-order chi connectivity index (χ1) is 11.4. The Morgan fingerprint density at radius 1 is 1.42 bits per heavy atom. The first-order valence-corrected chi connectivity index (χ1v) is 7.16. The number of pyridine rings is 1. The molecule has 0 spiro atoms. The van der Waals surface area contributed by atoms with E-state index in [0.29, 0.717) is 17.0 Å². The normalized spacial score (nSPS) is 10.5. The lowest BCUT2D eigenvalue weighted by Gasteiger charge is -2.07. The van der Waals surface area contributed by atoms with Crippen molar-refractivity contribution >= 4 is 11.9 Å². The van der Waals surface area contributed by atoms with Gasteiger partial charge in [-0.1, -0.05) is 18.2 Å². The summed E-state index contributed by atoms with van der Waals surface area (Å²) in [5, 5.41) is 18.4. The number of aromatic hydroxyl groups is 1. The van der Waals surface area contributed by atoms with Crippen LogP contribution in [0.4, 0.5) is 0 Å². The van der Waals surface area contributed by atoms with Crippen LogP contribution in [0.1, 0.15) is 21.6 Å². The molecule has 1 heterocycles. The Labute approximate surface area is 138 Å². The van der Waals surface area contributed by atoms with Crippen molar-refractivity contribution in [3.8, 4) is 17.6 Å². The van der Waals surface area contributed by atoms with Gasteiger partial charge in [0.2, 0.25) is 0 Å². The summed E-state index contributed by atoms with van der Waals surface area (Å²) in [6.45, 7) is 1.59. The number of benzene rings is 1. The van der Waals surface area contributed by atoms with Crippen LogP contribution >= 0.6 is 0 Å². The summed E-state index contributed by atoms with van der Waals surface area (Å²) in [5.41, 5.74) is 0.409. The van der Waals surface area contributed by atoms with Crippen LogP contribution < -0.4 is 10.3 Å². The summed E-state index contributed by atoms with van der Waals surface area (Å²) in [7, 11) is 1.54. The third-order valence-corrected chi connectivity index (χ3v) is 3.48. The zero-order valence-corrected chi connectivity index (χ0v) is 13.3. The summed E-state index contributed by atoms with van der Waals surface area (Å²) in [6.07, 6.45) is 2.73. The number of carbonyl (C=O) groups excluding carboxylic acids is 1. The lowest BCUT2D eigenvalue weighted by atomic mass is 10.1. The monoisotopic (exact) mass is 324 g/mol. The fourth-order valence-corrected chi connectivity index (χ4v) is 2.11. The van der Waals surface area contributed by atoms with Crippen LogP contribution in [0, 0.1) is 18.3 Å². The van der Waals surface area contributed by atoms with Crippen molar-refractivity contribution in [2.45, 2.75) is 6.92 Å². The maximum atomic E-state index is 12.2. The molecule has 0 aliphatic carbocycles. The lowest BCUT2D eigenvalue weighted by Crippen LogP contribution is -2.25. The molecule has 0 atom stereocenters. The molecule has 0 saturated carbocycles. The van der Waals surface area contributed by atoms with Gasteiger partial charge in [0.25, 0.3) is 5.56 Å². The first-order valence-electron chi connectivity index (χ1n) is 7.16. The Bertz CT molecular complexity index is 904. The van der Waals surface area contributed by atoms with Gasteiger partial charge in [-0.25, -0.2) is 0 Å². The van der Waals surface area contributed by atoms with Crippen LogP contribution in [0.15, 0.2) is 41.2 Å². The second-order valence-electron chi connectivity index (χ2n) is 5.13. The molecule has 122 valence electrons. The molecule has 2 aromatic rings. The number of hydrogen-bond donors (Lipinski definition) is 1. The van der Waals surface area contributed by atoms with E-state index in [0.717, 1.165) is 0 Å². The maximum Gasteiger partial charge on any atom is 0.265 e. The summed E-state index contributed by atoms with van der Waals surface area (Å²) < 4.78 is 6.48. The molecular formula is C18H16N2O4. The van der Waals surface area contributed by atoms with Gasteiger partial charge in [0.05, 0.1) is 0 Å². The van der Waals surface area contributed by atoms with E-state index in [2.05, 4.69) is 0 Å². The van der Waals surface area contributed by atoms with Gasteiger partial charge in [0.15, 0.2) is 12.4 Å². The summed E-state index contributed by atoms with van der Waals surface area (Å²) in [5.74, 6) is -0.423. The fourth-order valence-electron chi connectivity index (χ4n) is 2.11. The lowest BCUT2D eigenvalue weighted by molar-refractivity contribution is 0.104. The van der Waals surface area contributed by atoms with Gasteiger partial charge in [-0.05, 0) is 30.7 Å². The molecule has 1 aromatic heterocycles. The summed E-state index contributed by atoms with van der Waals surface area (Å²) in [6, 6.07) is 10.1. The minimum Gasteiger partial charge on any atom is -0.507 e. The second-order valence-corrected chi connectivity index (χ2v) is 5.13. The Morgan fingerprint density at radius 3 is 2.88 bits per heavy atom. The number of aryl methyl sites for hydroxylation is 1. The molecule has 0 aliphatic heterocycles. The fraction of sp³-hybridized carbons (Fsp3) is 0.167. The van der Waals surface area contributed by atoms with Crippen molar-refractivity contribution in [3.63, 3.8) is 0 Å². The van der Waals surface area contributed by atoms with Gasteiger partial charge >= 0.3 is 0 Å². The van der Waals surface area contributed by atoms with E-state index in [-0.39, 0.29) is 17.9 Å². The molecule has 2 rings (SSSR count). The average molecular weight is 324 g/mol. The van der Waals surface area contributed by atoms with Crippen LogP contribution in [-0.2, 0) is 7.05 Å². The molecule has 0 aliphatic rings. The van der Waals surface area contributed by atoms with Gasteiger partial charge in [-0.15, -0.1) is 0 Å². The molecule has 0 bridgehead atoms. The van der Waals surface area contributed by atoms with Gasteiger partial charge in [-0.2, -0.15) is 5.26 Å². The van der Waals surface area contributed by atoms with Gasteiger partial charge in [0.1, 0.15) is 23.1 Å². The van der Waals surface area contributed by atoms with Crippen LogP contribution in [-0.4, -0.2) is 22.1 Å². The minimum absolute atomic E-state index is 0.0701. The van der Waals surface area contributed by atoms with Crippen LogP contribution in [0.5, 0.6) is 11.5 Å². The number of aromatic nitrogens is 1. The first kappa shape index (κ1) is 17.0. The number of rotatable bonds is 5. The minimum atomic E-state index is -0.587. The molecule has 0 saturated heterocycles. The highest BCUT2D eigenvalue weighted by atomic mass is 16.5. The van der Waals surface area contributed by atoms with Gasteiger partial charge < -0.3 is 14.4 Å². The maximum absolute atomic E-state index is 12.2. The summed E-state index contributed by atoms with van der Waals surface area (Å²) in [4.78, 5) is 24.4. The number of nitriles is 1. The molecule has 0 radical (unpaired) electrons. The molecule has 6 nitrogen and oxygen atoms in total. The second kappa shape index (κ2) is 7.29. The van der Waals surface area contributed by atoms with E-state index in [1.165, 1.54) is 29.8 Å². The zero-order valence-electron chi connectivity index (χ0n) is 13.3. The zero-order chi connectivity index (χ0) is 17.7. The van der Waals surface area contributed by atoms with E-state index in [1.54, 1.807) is 31.2 Å². The molecular weight excluding hydrogens is 308 g/mol. The van der Waals surface area contributed by atoms with Crippen LogP contribution in [0.3, 0.4) is 0 Å². The highest BCUT2D eigenvalue weighted by Crippen LogP contribution is 2.17. The Kier molecular flexibility index (Phi) is 5.17. The average Bonchev–Trinajstić information content (AvgIpc) is 2.56.